The number of hydrogen-bond acceptors (Lipinski definition) is 3. The molecular formula is C15H20ClNO2. The van der Waals surface area contributed by atoms with Gasteiger partial charge < -0.3 is 5.11 Å². The molecule has 1 aliphatic rings. The predicted octanol–water partition coefficient (Wildman–Crippen LogP) is 2.82. The Bertz CT molecular complexity index is 464. The Kier molecular flexibility index (Phi) is 4.00. The third-order valence-electron chi connectivity index (χ3n) is 3.69. The minimum absolute atomic E-state index is 0.122. The molecule has 0 spiro atoms. The van der Waals surface area contributed by atoms with E-state index in [1.807, 2.05) is 37.8 Å². The summed E-state index contributed by atoms with van der Waals surface area (Å²) in [4.78, 5) is 14.2. The second-order valence-corrected chi connectivity index (χ2v) is 6.47. The van der Waals surface area contributed by atoms with Crippen molar-refractivity contribution in [1.29, 1.82) is 0 Å². The molecule has 1 saturated heterocycles. The number of carbonyl (C=O) groups is 1. The van der Waals surface area contributed by atoms with Crippen LogP contribution < -0.4 is 0 Å². The molecule has 1 heterocycles. The fourth-order valence-corrected chi connectivity index (χ4v) is 2.72. The molecule has 1 N–H and O–H groups in total. The van der Waals surface area contributed by atoms with Gasteiger partial charge in [-0.15, -0.1) is 0 Å². The summed E-state index contributed by atoms with van der Waals surface area (Å²) in [7, 11) is 0. The number of aliphatic hydroxyl groups is 1. The molecule has 1 aromatic rings. The van der Waals surface area contributed by atoms with Gasteiger partial charge in [-0.3, -0.25) is 9.69 Å². The van der Waals surface area contributed by atoms with Gasteiger partial charge in [-0.2, -0.15) is 0 Å². The van der Waals surface area contributed by atoms with Crippen molar-refractivity contribution in [1.82, 2.24) is 4.90 Å². The van der Waals surface area contributed by atoms with Crippen molar-refractivity contribution < 1.29 is 9.90 Å². The first-order valence-corrected chi connectivity index (χ1v) is 6.92. The van der Waals surface area contributed by atoms with E-state index < -0.39 is 6.23 Å². The molecule has 3 nitrogen and oxygen atoms in total. The van der Waals surface area contributed by atoms with Crippen LogP contribution in [0.2, 0.25) is 5.02 Å². The van der Waals surface area contributed by atoms with Crippen LogP contribution in [0.4, 0.5) is 0 Å². The summed E-state index contributed by atoms with van der Waals surface area (Å²) in [6.45, 7) is 6.73. The fraction of sp³-hybridized carbons (Fsp3) is 0.533. The van der Waals surface area contributed by atoms with E-state index in [4.69, 9.17) is 11.6 Å². The highest BCUT2D eigenvalue weighted by Crippen LogP contribution is 2.32. The molecule has 0 radical (unpaired) electrons. The normalized spacial score (nSPS) is 25.6. The molecule has 0 amide bonds. The maximum Gasteiger partial charge on any atom is 0.183 e. The van der Waals surface area contributed by atoms with Crippen molar-refractivity contribution >= 4 is 17.4 Å². The van der Waals surface area contributed by atoms with Crippen LogP contribution in [0.5, 0.6) is 0 Å². The Morgan fingerprint density at radius 2 is 1.84 bits per heavy atom. The largest absolute Gasteiger partial charge is 0.371 e. The van der Waals surface area contributed by atoms with Gasteiger partial charge >= 0.3 is 0 Å². The van der Waals surface area contributed by atoms with Crippen LogP contribution in [0.1, 0.15) is 38.7 Å². The van der Waals surface area contributed by atoms with Crippen LogP contribution in [-0.4, -0.2) is 34.1 Å². The number of nitrogens with zero attached hydrogens (tertiary/aromatic N) is 1. The summed E-state index contributed by atoms with van der Waals surface area (Å²) in [6, 6.07) is 7.30. The van der Waals surface area contributed by atoms with E-state index in [0.717, 1.165) is 12.0 Å². The monoisotopic (exact) mass is 281 g/mol. The van der Waals surface area contributed by atoms with Crippen molar-refractivity contribution in [2.24, 2.45) is 0 Å². The Balaban J connectivity index is 2.20. The molecule has 1 aliphatic heterocycles. The van der Waals surface area contributed by atoms with E-state index in [0.29, 0.717) is 11.6 Å². The summed E-state index contributed by atoms with van der Waals surface area (Å²) in [5.41, 5.74) is 0.724. The van der Waals surface area contributed by atoms with Crippen LogP contribution in [0, 0.1) is 0 Å². The second kappa shape index (κ2) is 5.23. The lowest BCUT2D eigenvalue weighted by Gasteiger charge is -2.43. The molecule has 0 aliphatic carbocycles. The first-order chi connectivity index (χ1) is 8.80. The number of halogens is 1. The zero-order valence-corrected chi connectivity index (χ0v) is 12.3. The number of Topliss-reactive ketones (excluding diaryl/α,β-unsaturated/α-hetero) is 1. The van der Waals surface area contributed by atoms with E-state index in [9.17, 15) is 9.90 Å². The van der Waals surface area contributed by atoms with Gasteiger partial charge in [0.1, 0.15) is 0 Å². The number of likely N-dealkylation sites (tertiary alicyclic amines) is 1. The van der Waals surface area contributed by atoms with Crippen molar-refractivity contribution in [3.05, 3.63) is 34.9 Å². The molecule has 4 heteroatoms. The minimum Gasteiger partial charge on any atom is -0.371 e. The number of rotatable bonds is 1. The van der Waals surface area contributed by atoms with Gasteiger partial charge in [-0.25, -0.2) is 0 Å². The molecule has 1 aromatic carbocycles. The van der Waals surface area contributed by atoms with E-state index in [2.05, 4.69) is 0 Å². The molecule has 19 heavy (non-hydrogen) atoms. The maximum absolute atomic E-state index is 12.3. The molecule has 2 rings (SSSR count). The van der Waals surface area contributed by atoms with Gasteiger partial charge in [-0.1, -0.05) is 23.7 Å². The van der Waals surface area contributed by atoms with Gasteiger partial charge in [0.15, 0.2) is 12.0 Å². The smallest absolute Gasteiger partial charge is 0.183 e. The number of piperidine rings is 1. The van der Waals surface area contributed by atoms with Crippen LogP contribution in [0.3, 0.4) is 0 Å². The Morgan fingerprint density at radius 3 is 2.37 bits per heavy atom. The first-order valence-electron chi connectivity index (χ1n) is 6.54. The summed E-state index contributed by atoms with van der Waals surface area (Å²) in [5, 5.41) is 10.9. The Hall–Kier alpha value is -0.900. The van der Waals surface area contributed by atoms with Crippen LogP contribution in [-0.2, 0) is 4.79 Å². The highest BCUT2D eigenvalue weighted by atomic mass is 35.5. The highest BCUT2D eigenvalue weighted by molar-refractivity contribution is 6.30. The zero-order valence-electron chi connectivity index (χ0n) is 11.6. The van der Waals surface area contributed by atoms with Gasteiger partial charge in [-0.05, 0) is 44.9 Å². The number of benzene rings is 1. The van der Waals surface area contributed by atoms with Crippen molar-refractivity contribution in [2.45, 2.75) is 44.9 Å². The molecule has 2 unspecified atom stereocenters. The van der Waals surface area contributed by atoms with Crippen molar-refractivity contribution in [3.63, 3.8) is 0 Å². The standard InChI is InChI=1S/C15H20ClNO2/c1-15(2,3)17-9-8-12(13(18)14(17)19)10-4-6-11(16)7-5-10/h4-7,12,14,19H,8-9H2,1-3H3. The average Bonchev–Trinajstić information content (AvgIpc) is 2.32. The topological polar surface area (TPSA) is 40.5 Å². The third-order valence-corrected chi connectivity index (χ3v) is 3.94. The lowest BCUT2D eigenvalue weighted by molar-refractivity contribution is -0.150. The van der Waals surface area contributed by atoms with Gasteiger partial charge in [0.05, 0.1) is 0 Å². The summed E-state index contributed by atoms with van der Waals surface area (Å²) in [6.07, 6.45) is -0.288. The lowest BCUT2D eigenvalue weighted by atomic mass is 9.85. The van der Waals surface area contributed by atoms with Gasteiger partial charge in [0, 0.05) is 23.0 Å². The molecule has 2 atom stereocenters. The van der Waals surface area contributed by atoms with E-state index in [-0.39, 0.29) is 17.2 Å². The quantitative estimate of drug-likeness (QED) is 0.860. The number of carbonyl (C=O) groups excluding carboxylic acids is 1. The highest BCUT2D eigenvalue weighted by Gasteiger charge is 2.40. The third kappa shape index (κ3) is 2.99. The van der Waals surface area contributed by atoms with Crippen LogP contribution in [0.15, 0.2) is 24.3 Å². The summed E-state index contributed by atoms with van der Waals surface area (Å²) >= 11 is 5.86. The number of ketones is 1. The van der Waals surface area contributed by atoms with Crippen molar-refractivity contribution in [3.8, 4) is 0 Å². The minimum atomic E-state index is -1.02. The van der Waals surface area contributed by atoms with Crippen LogP contribution >= 0.6 is 11.6 Å². The summed E-state index contributed by atoms with van der Waals surface area (Å²) < 4.78 is 0. The fourth-order valence-electron chi connectivity index (χ4n) is 2.59. The number of aliphatic hydroxyl groups excluding tert-OH is 1. The van der Waals surface area contributed by atoms with E-state index >= 15 is 0 Å². The molecule has 0 bridgehead atoms. The predicted molar refractivity (Wildman–Crippen MR) is 76.3 cm³/mol. The lowest BCUT2D eigenvalue weighted by Crippen LogP contribution is -2.56. The number of hydrogen-bond donors (Lipinski definition) is 1. The zero-order chi connectivity index (χ0) is 14.2. The van der Waals surface area contributed by atoms with Crippen LogP contribution in [0.25, 0.3) is 0 Å². The van der Waals surface area contributed by atoms with Crippen molar-refractivity contribution in [2.75, 3.05) is 6.54 Å². The Morgan fingerprint density at radius 1 is 1.26 bits per heavy atom. The first kappa shape index (κ1) is 14.5. The van der Waals surface area contributed by atoms with Gasteiger partial charge in [0.2, 0.25) is 0 Å². The van der Waals surface area contributed by atoms with E-state index in [1.54, 1.807) is 12.1 Å². The Labute approximate surface area is 119 Å². The van der Waals surface area contributed by atoms with Gasteiger partial charge in [0.25, 0.3) is 0 Å². The molecular weight excluding hydrogens is 262 g/mol. The maximum atomic E-state index is 12.3. The molecule has 104 valence electrons. The summed E-state index contributed by atoms with van der Waals surface area (Å²) in [5.74, 6) is -0.352. The SMILES string of the molecule is CC(C)(C)N1CCC(c2ccc(Cl)cc2)C(=O)C1O. The molecule has 0 aromatic heterocycles. The molecule has 1 fully saturated rings. The average molecular weight is 282 g/mol. The second-order valence-electron chi connectivity index (χ2n) is 6.03. The van der Waals surface area contributed by atoms with E-state index in [1.165, 1.54) is 0 Å². The molecule has 0 saturated carbocycles.